The molecule has 0 heterocycles. The molecule has 0 bridgehead atoms. The summed E-state index contributed by atoms with van der Waals surface area (Å²) >= 11 is 0. The molecule has 0 radical (unpaired) electrons. The molecule has 14 heavy (non-hydrogen) atoms. The van der Waals surface area contributed by atoms with Gasteiger partial charge in [0.25, 0.3) is 0 Å². The van der Waals surface area contributed by atoms with Gasteiger partial charge in [0.05, 0.1) is 7.11 Å². The third-order valence-corrected chi connectivity index (χ3v) is 1.71. The molecule has 74 valence electrons. The highest BCUT2D eigenvalue weighted by Gasteiger charge is 2.09. The van der Waals surface area contributed by atoms with Gasteiger partial charge in [-0.15, -0.1) is 0 Å². The van der Waals surface area contributed by atoms with Crippen molar-refractivity contribution in [3.63, 3.8) is 0 Å². The van der Waals surface area contributed by atoms with Crippen molar-refractivity contribution in [2.75, 3.05) is 7.11 Å². The Morgan fingerprint density at radius 1 is 1.43 bits per heavy atom. The summed E-state index contributed by atoms with van der Waals surface area (Å²) in [5, 5.41) is 9.22. The number of ether oxygens (including phenoxy) is 1. The van der Waals surface area contributed by atoms with Crippen molar-refractivity contribution in [3.05, 3.63) is 42.0 Å². The average Bonchev–Trinajstić information content (AvgIpc) is 2.26. The lowest BCUT2D eigenvalue weighted by molar-refractivity contribution is -0.147. The van der Waals surface area contributed by atoms with Crippen molar-refractivity contribution in [2.24, 2.45) is 0 Å². The standard InChI is InChI=1S/C11H12O3/c1-14-11(13)10(12)8-7-9-5-3-2-4-6-9/h2-8,10,12H,1H3/b8-7-. The van der Waals surface area contributed by atoms with Gasteiger partial charge in [-0.3, -0.25) is 0 Å². The van der Waals surface area contributed by atoms with Gasteiger partial charge in [0.1, 0.15) is 0 Å². The summed E-state index contributed by atoms with van der Waals surface area (Å²) in [7, 11) is 1.24. The van der Waals surface area contributed by atoms with Gasteiger partial charge < -0.3 is 9.84 Å². The molecule has 1 aromatic rings. The van der Waals surface area contributed by atoms with E-state index in [9.17, 15) is 9.90 Å². The number of aliphatic hydroxyl groups excluding tert-OH is 1. The summed E-state index contributed by atoms with van der Waals surface area (Å²) in [6.07, 6.45) is 1.86. The second-order valence-corrected chi connectivity index (χ2v) is 2.74. The Labute approximate surface area is 82.6 Å². The summed E-state index contributed by atoms with van der Waals surface area (Å²) in [4.78, 5) is 10.8. The van der Waals surface area contributed by atoms with Crippen LogP contribution in [0.2, 0.25) is 0 Å². The minimum atomic E-state index is -1.19. The molecule has 0 spiro atoms. The lowest BCUT2D eigenvalue weighted by Gasteiger charge is -2.01. The maximum atomic E-state index is 10.8. The number of benzene rings is 1. The van der Waals surface area contributed by atoms with Gasteiger partial charge in [0, 0.05) is 0 Å². The van der Waals surface area contributed by atoms with Gasteiger partial charge in [-0.1, -0.05) is 36.4 Å². The van der Waals surface area contributed by atoms with Crippen molar-refractivity contribution in [1.29, 1.82) is 0 Å². The van der Waals surface area contributed by atoms with Crippen molar-refractivity contribution in [3.8, 4) is 0 Å². The zero-order valence-corrected chi connectivity index (χ0v) is 7.88. The second-order valence-electron chi connectivity index (χ2n) is 2.74. The van der Waals surface area contributed by atoms with E-state index in [0.29, 0.717) is 0 Å². The summed E-state index contributed by atoms with van der Waals surface area (Å²) in [5.41, 5.74) is 0.926. The molecule has 0 aliphatic rings. The van der Waals surface area contributed by atoms with E-state index in [1.54, 1.807) is 6.08 Å². The number of hydrogen-bond donors (Lipinski definition) is 1. The van der Waals surface area contributed by atoms with Crippen LogP contribution in [0.1, 0.15) is 5.56 Å². The Morgan fingerprint density at radius 3 is 2.64 bits per heavy atom. The fourth-order valence-corrected chi connectivity index (χ4v) is 0.966. The molecule has 1 N–H and O–H groups in total. The van der Waals surface area contributed by atoms with E-state index in [0.717, 1.165) is 5.56 Å². The predicted octanol–water partition coefficient (Wildman–Crippen LogP) is 1.23. The Morgan fingerprint density at radius 2 is 2.07 bits per heavy atom. The van der Waals surface area contributed by atoms with Crippen LogP contribution in [0.5, 0.6) is 0 Å². The van der Waals surface area contributed by atoms with Gasteiger partial charge in [0.2, 0.25) is 0 Å². The van der Waals surface area contributed by atoms with Crippen LogP contribution in [0.4, 0.5) is 0 Å². The molecular weight excluding hydrogens is 180 g/mol. The van der Waals surface area contributed by atoms with Crippen molar-refractivity contribution >= 4 is 12.0 Å². The molecule has 1 atom stereocenters. The number of hydrogen-bond acceptors (Lipinski definition) is 3. The summed E-state index contributed by atoms with van der Waals surface area (Å²) < 4.78 is 4.36. The van der Waals surface area contributed by atoms with E-state index < -0.39 is 12.1 Å². The summed E-state index contributed by atoms with van der Waals surface area (Å²) in [6.45, 7) is 0. The molecule has 0 aromatic heterocycles. The fraction of sp³-hybridized carbons (Fsp3) is 0.182. The molecule has 0 aliphatic carbocycles. The average molecular weight is 192 g/mol. The first kappa shape index (κ1) is 10.5. The van der Waals surface area contributed by atoms with Gasteiger partial charge in [0.15, 0.2) is 6.10 Å². The van der Waals surface area contributed by atoms with Crippen molar-refractivity contribution in [1.82, 2.24) is 0 Å². The van der Waals surface area contributed by atoms with Gasteiger partial charge in [-0.25, -0.2) is 4.79 Å². The molecule has 0 amide bonds. The topological polar surface area (TPSA) is 46.5 Å². The van der Waals surface area contributed by atoms with Crippen LogP contribution in [-0.2, 0) is 9.53 Å². The molecule has 1 aromatic carbocycles. The molecule has 3 heteroatoms. The van der Waals surface area contributed by atoms with Crippen LogP contribution in [0, 0.1) is 0 Å². The molecule has 3 nitrogen and oxygen atoms in total. The number of carbonyl (C=O) groups excluding carboxylic acids is 1. The van der Waals surface area contributed by atoms with E-state index in [2.05, 4.69) is 4.74 Å². The normalized spacial score (nSPS) is 12.7. The number of aliphatic hydroxyl groups is 1. The quantitative estimate of drug-likeness (QED) is 0.733. The van der Waals surface area contributed by atoms with Crippen LogP contribution in [-0.4, -0.2) is 24.3 Å². The zero-order valence-electron chi connectivity index (χ0n) is 7.88. The predicted molar refractivity (Wildman–Crippen MR) is 53.5 cm³/mol. The number of rotatable bonds is 3. The summed E-state index contributed by atoms with van der Waals surface area (Å²) in [6, 6.07) is 9.41. The van der Waals surface area contributed by atoms with Crippen LogP contribution in [0.25, 0.3) is 6.08 Å². The van der Waals surface area contributed by atoms with E-state index in [1.807, 2.05) is 30.3 Å². The highest BCUT2D eigenvalue weighted by Crippen LogP contribution is 2.02. The highest BCUT2D eigenvalue weighted by atomic mass is 16.5. The largest absolute Gasteiger partial charge is 0.467 e. The van der Waals surface area contributed by atoms with Crippen LogP contribution >= 0.6 is 0 Å². The van der Waals surface area contributed by atoms with E-state index >= 15 is 0 Å². The number of esters is 1. The minimum absolute atomic E-state index is 0.655. The Kier molecular flexibility index (Phi) is 3.88. The van der Waals surface area contributed by atoms with E-state index in [1.165, 1.54) is 13.2 Å². The lowest BCUT2D eigenvalue weighted by Crippen LogP contribution is -2.18. The summed E-state index contributed by atoms with van der Waals surface area (Å²) in [5.74, 6) is -0.655. The monoisotopic (exact) mass is 192 g/mol. The maximum Gasteiger partial charge on any atom is 0.338 e. The first-order chi connectivity index (χ1) is 6.74. The van der Waals surface area contributed by atoms with E-state index in [-0.39, 0.29) is 0 Å². The molecule has 0 fully saturated rings. The molecule has 0 saturated heterocycles. The third-order valence-electron chi connectivity index (χ3n) is 1.71. The van der Waals surface area contributed by atoms with Crippen LogP contribution < -0.4 is 0 Å². The maximum absolute atomic E-state index is 10.8. The number of carbonyl (C=O) groups is 1. The Bertz CT molecular complexity index is 317. The van der Waals surface area contributed by atoms with Gasteiger partial charge in [-0.2, -0.15) is 0 Å². The van der Waals surface area contributed by atoms with E-state index in [4.69, 9.17) is 0 Å². The molecular formula is C11H12O3. The Hall–Kier alpha value is -1.61. The SMILES string of the molecule is COC(=O)C(O)/C=C\c1ccccc1. The molecule has 1 unspecified atom stereocenters. The molecule has 0 saturated carbocycles. The van der Waals surface area contributed by atoms with Gasteiger partial charge in [-0.05, 0) is 11.6 Å². The molecule has 0 aliphatic heterocycles. The minimum Gasteiger partial charge on any atom is -0.467 e. The fourth-order valence-electron chi connectivity index (χ4n) is 0.966. The first-order valence-corrected chi connectivity index (χ1v) is 4.23. The van der Waals surface area contributed by atoms with Crippen LogP contribution in [0.15, 0.2) is 36.4 Å². The smallest absolute Gasteiger partial charge is 0.338 e. The second kappa shape index (κ2) is 5.19. The lowest BCUT2D eigenvalue weighted by atomic mass is 10.2. The first-order valence-electron chi connectivity index (χ1n) is 4.23. The van der Waals surface area contributed by atoms with Crippen molar-refractivity contribution < 1.29 is 14.6 Å². The third kappa shape index (κ3) is 3.03. The highest BCUT2D eigenvalue weighted by molar-refractivity contribution is 5.77. The van der Waals surface area contributed by atoms with Crippen molar-refractivity contribution in [2.45, 2.75) is 6.10 Å². The molecule has 1 rings (SSSR count). The Balaban J connectivity index is 2.60. The van der Waals surface area contributed by atoms with Crippen LogP contribution in [0.3, 0.4) is 0 Å². The zero-order chi connectivity index (χ0) is 10.4. The van der Waals surface area contributed by atoms with Gasteiger partial charge >= 0.3 is 5.97 Å². The number of methoxy groups -OCH3 is 1.